The molecule has 9 nitrogen and oxygen atoms in total. The SMILES string of the molecule is CCS(=O)(=O)[SH](=O)(O)S(O)(O)S(=O)(=O)SO. The summed E-state index contributed by atoms with van der Waals surface area (Å²) in [6.07, 6.45) is 0. The van der Waals surface area contributed by atoms with Crippen molar-refractivity contribution in [3.8, 4) is 0 Å². The third-order valence-electron chi connectivity index (χ3n) is 1.38. The van der Waals surface area contributed by atoms with Crippen LogP contribution in [-0.2, 0) is 25.0 Å². The Balaban J connectivity index is 5.98. The zero-order valence-corrected chi connectivity index (χ0v) is 11.8. The van der Waals surface area contributed by atoms with Gasteiger partial charge in [-0.15, -0.1) is 0 Å². The van der Waals surface area contributed by atoms with E-state index in [0.717, 1.165) is 6.92 Å². The number of thiol groups is 1. The summed E-state index contributed by atoms with van der Waals surface area (Å²) < 4.78 is 90.5. The average molecular weight is 338 g/mol. The van der Waals surface area contributed by atoms with E-state index in [0.29, 0.717) is 0 Å². The fourth-order valence-electron chi connectivity index (χ4n) is 0.467. The molecule has 0 saturated carbocycles. The molecule has 102 valence electrons. The van der Waals surface area contributed by atoms with Gasteiger partial charge in [0.25, 0.3) is 8.87 Å². The molecule has 0 aromatic heterocycles. The predicted octanol–water partition coefficient (Wildman–Crippen LogP) is -0.0576. The average Bonchev–Trinajstić information content (AvgIpc) is 2.16. The molecule has 0 aliphatic rings. The van der Waals surface area contributed by atoms with Gasteiger partial charge in [-0.05, 0) is 15.2 Å². The molecule has 0 saturated heterocycles. The number of hydrogen-bond acceptors (Lipinski definition) is 9. The van der Waals surface area contributed by atoms with Gasteiger partial charge in [0.05, 0.1) is 5.75 Å². The molecule has 16 heavy (non-hydrogen) atoms. The van der Waals surface area contributed by atoms with Crippen LogP contribution in [0.4, 0.5) is 0 Å². The summed E-state index contributed by atoms with van der Waals surface area (Å²) in [6.45, 7) is 0.923. The van der Waals surface area contributed by atoms with Crippen molar-refractivity contribution in [3.63, 3.8) is 0 Å². The highest BCUT2D eigenvalue weighted by atomic mass is 33.9. The van der Waals surface area contributed by atoms with Gasteiger partial charge in [0, 0.05) is 8.65 Å². The molecular weight excluding hydrogens is 328 g/mol. The lowest BCUT2D eigenvalue weighted by Crippen LogP contribution is -2.32. The Morgan fingerprint density at radius 1 is 1.19 bits per heavy atom. The highest BCUT2D eigenvalue weighted by Crippen LogP contribution is 2.61. The Labute approximate surface area is 96.5 Å². The van der Waals surface area contributed by atoms with E-state index in [1.165, 1.54) is 0 Å². The molecule has 0 heterocycles. The Bertz CT molecular complexity index is 496. The summed E-state index contributed by atoms with van der Waals surface area (Å²) in [5.74, 6) is -0.956. The van der Waals surface area contributed by atoms with Crippen LogP contribution in [-0.4, -0.2) is 45.0 Å². The largest absolute Gasteiger partial charge is 0.343 e. The zero-order chi connectivity index (χ0) is 13.4. The van der Waals surface area contributed by atoms with E-state index in [2.05, 4.69) is 0 Å². The van der Waals surface area contributed by atoms with Crippen molar-refractivity contribution < 1.29 is 39.3 Å². The number of hydrogen-bond donors (Lipinski definition) is 5. The minimum absolute atomic E-state index is 0.923. The van der Waals surface area contributed by atoms with Crippen molar-refractivity contribution in [3.05, 3.63) is 0 Å². The van der Waals surface area contributed by atoms with Crippen molar-refractivity contribution >= 4 is 44.8 Å². The Kier molecular flexibility index (Phi) is 4.87. The molecule has 0 amide bonds. The third kappa shape index (κ3) is 2.39. The lowest BCUT2D eigenvalue weighted by molar-refractivity contribution is 0.498. The topological polar surface area (TPSA) is 166 Å². The van der Waals surface area contributed by atoms with E-state index >= 15 is 0 Å². The fourth-order valence-corrected chi connectivity index (χ4v) is 19.3. The molecule has 0 radical (unpaired) electrons. The summed E-state index contributed by atoms with van der Waals surface area (Å²) >= 11 is -1.10. The maximum absolute atomic E-state index is 11.3. The van der Waals surface area contributed by atoms with Crippen molar-refractivity contribution in [1.29, 1.82) is 0 Å². The van der Waals surface area contributed by atoms with Gasteiger partial charge in [0.15, 0.2) is 0 Å². The second-order valence-corrected chi connectivity index (χ2v) is 19.6. The molecular formula is C2H10O9S5. The second-order valence-electron chi connectivity index (χ2n) is 2.29. The molecule has 0 unspecified atom stereocenters. The molecule has 0 atom stereocenters. The van der Waals surface area contributed by atoms with Gasteiger partial charge in [-0.3, -0.25) is 13.7 Å². The Morgan fingerprint density at radius 2 is 1.56 bits per heavy atom. The molecule has 0 aromatic carbocycles. The quantitative estimate of drug-likeness (QED) is 0.260. The maximum Gasteiger partial charge on any atom is 0.343 e. The van der Waals surface area contributed by atoms with Gasteiger partial charge >= 0.3 is 7.90 Å². The summed E-state index contributed by atoms with van der Waals surface area (Å²) in [7, 11) is -21.5. The van der Waals surface area contributed by atoms with Crippen molar-refractivity contribution in [2.75, 3.05) is 5.75 Å². The van der Waals surface area contributed by atoms with Gasteiger partial charge in [-0.2, -0.15) is 12.6 Å². The highest BCUT2D eigenvalue weighted by molar-refractivity contribution is 9.38. The molecule has 0 aliphatic carbocycles. The predicted molar refractivity (Wildman–Crippen MR) is 63.6 cm³/mol. The standard InChI is InChI=1S/C2H10O9S5/c1-2-13(4,5)15(8,9)16(10,11)14(6,7)12-3/h3,10-11,15H,2H2,1H3,(H,8,9). The van der Waals surface area contributed by atoms with Crippen LogP contribution < -0.4 is 0 Å². The van der Waals surface area contributed by atoms with E-state index in [1.807, 2.05) is 0 Å². The maximum atomic E-state index is 11.3. The molecule has 0 aromatic rings. The van der Waals surface area contributed by atoms with Crippen LogP contribution in [0.25, 0.3) is 0 Å². The van der Waals surface area contributed by atoms with Crippen molar-refractivity contribution in [1.82, 2.24) is 0 Å². The molecule has 4 N–H and O–H groups in total. The van der Waals surface area contributed by atoms with Crippen LogP contribution in [0.1, 0.15) is 6.92 Å². The van der Waals surface area contributed by atoms with Gasteiger partial charge < -0.3 is 4.55 Å². The highest BCUT2D eigenvalue weighted by Gasteiger charge is 2.46. The Hall–Kier alpha value is 0.590. The van der Waals surface area contributed by atoms with Crippen LogP contribution in [0.5, 0.6) is 0 Å². The van der Waals surface area contributed by atoms with Crippen LogP contribution in [0.3, 0.4) is 0 Å². The smallest absolute Gasteiger partial charge is 0.316 e. The summed E-state index contributed by atoms with van der Waals surface area (Å²) in [5, 5.41) is 0. The van der Waals surface area contributed by atoms with E-state index in [9.17, 15) is 21.0 Å². The van der Waals surface area contributed by atoms with Crippen LogP contribution in [0, 0.1) is 0 Å². The molecule has 0 spiro atoms. The van der Waals surface area contributed by atoms with Crippen LogP contribution in [0.15, 0.2) is 0 Å². The summed E-state index contributed by atoms with van der Waals surface area (Å²) in [4.78, 5) is 0. The van der Waals surface area contributed by atoms with Crippen molar-refractivity contribution in [2.24, 2.45) is 0 Å². The molecule has 0 fully saturated rings. The molecule has 0 rings (SSSR count). The summed E-state index contributed by atoms with van der Waals surface area (Å²) in [6, 6.07) is 0. The first-order valence-corrected chi connectivity index (χ1v) is 12.7. The van der Waals surface area contributed by atoms with E-state index in [1.54, 1.807) is 0 Å². The van der Waals surface area contributed by atoms with Crippen molar-refractivity contribution in [2.45, 2.75) is 6.92 Å². The second kappa shape index (κ2) is 4.69. The lowest BCUT2D eigenvalue weighted by atomic mass is 11.0. The van der Waals surface area contributed by atoms with Crippen LogP contribution >= 0.6 is 19.7 Å². The fraction of sp³-hybridized carbons (Fsp3) is 1.00. The first-order chi connectivity index (χ1) is 6.87. The van der Waals surface area contributed by atoms with Gasteiger partial charge in [-0.1, -0.05) is 0 Å². The lowest BCUT2D eigenvalue weighted by Gasteiger charge is -2.39. The molecule has 0 aliphatic heterocycles. The van der Waals surface area contributed by atoms with Gasteiger partial charge in [-0.25, -0.2) is 8.42 Å². The normalized spacial score (nSPS) is 17.1. The minimum atomic E-state index is -5.84. The molecule has 14 heteroatoms. The first kappa shape index (κ1) is 16.6. The monoisotopic (exact) mass is 338 g/mol. The van der Waals surface area contributed by atoms with Gasteiger partial charge in [0.1, 0.15) is 11.1 Å². The Morgan fingerprint density at radius 3 is 1.81 bits per heavy atom. The van der Waals surface area contributed by atoms with Gasteiger partial charge in [0.2, 0.25) is 0 Å². The van der Waals surface area contributed by atoms with Crippen LogP contribution in [0.2, 0.25) is 0 Å². The summed E-state index contributed by atoms with van der Waals surface area (Å²) in [5.41, 5.74) is 0. The van der Waals surface area contributed by atoms with E-state index in [4.69, 9.17) is 18.2 Å². The third-order valence-corrected chi connectivity index (χ3v) is 22.5. The van der Waals surface area contributed by atoms with E-state index < -0.39 is 50.5 Å². The number of rotatable bonds is 5. The zero-order valence-electron chi connectivity index (χ0n) is 7.62. The van der Waals surface area contributed by atoms with E-state index in [-0.39, 0.29) is 0 Å². The first-order valence-electron chi connectivity index (χ1n) is 3.29. The molecule has 0 bridgehead atoms. The minimum Gasteiger partial charge on any atom is -0.316 e.